The highest BCUT2D eigenvalue weighted by Gasteiger charge is 2.35. The summed E-state index contributed by atoms with van der Waals surface area (Å²) in [7, 11) is 0. The number of hydrogen-bond acceptors (Lipinski definition) is 6. The minimum absolute atomic E-state index is 0.268. The molecule has 0 unspecified atom stereocenters. The molecule has 3 heterocycles. The molecule has 7 nitrogen and oxygen atoms in total. The quantitative estimate of drug-likeness (QED) is 0.384. The van der Waals surface area contributed by atoms with Crippen molar-refractivity contribution >= 4 is 10.9 Å². The summed E-state index contributed by atoms with van der Waals surface area (Å²) in [6, 6.07) is 25.3. The highest BCUT2D eigenvalue weighted by molar-refractivity contribution is 5.96. The lowest BCUT2D eigenvalue weighted by Gasteiger charge is -2.30. The van der Waals surface area contributed by atoms with Crippen molar-refractivity contribution in [1.82, 2.24) is 15.0 Å². The molecule has 2 aromatic heterocycles. The summed E-state index contributed by atoms with van der Waals surface area (Å²) in [5.41, 5.74) is 12.5. The first-order valence-electron chi connectivity index (χ1n) is 11.0. The van der Waals surface area contributed by atoms with Crippen LogP contribution < -0.4 is 10.5 Å². The maximum absolute atomic E-state index is 9.69. The van der Waals surface area contributed by atoms with Gasteiger partial charge in [-0.1, -0.05) is 30.3 Å². The van der Waals surface area contributed by atoms with Crippen LogP contribution in [0, 0.1) is 22.7 Å². The highest BCUT2D eigenvalue weighted by atomic mass is 16.5. The number of rotatable bonds is 1. The number of pyridine rings is 1. The van der Waals surface area contributed by atoms with Crippen LogP contribution in [0.1, 0.15) is 33.6 Å². The fourth-order valence-corrected chi connectivity index (χ4v) is 4.69. The van der Waals surface area contributed by atoms with E-state index in [0.29, 0.717) is 28.2 Å². The first-order chi connectivity index (χ1) is 17.1. The largest absolute Gasteiger partial charge is 0.488 e. The molecule has 7 heteroatoms. The predicted octanol–water partition coefficient (Wildman–Crippen LogP) is 4.51. The third-order valence-corrected chi connectivity index (χ3v) is 6.49. The number of imidazole rings is 1. The maximum atomic E-state index is 9.69. The van der Waals surface area contributed by atoms with E-state index in [2.05, 4.69) is 27.1 Å². The van der Waals surface area contributed by atoms with Crippen LogP contribution in [0.4, 0.5) is 0 Å². The zero-order valence-electron chi connectivity index (χ0n) is 18.5. The van der Waals surface area contributed by atoms with Gasteiger partial charge in [-0.25, -0.2) is 9.97 Å². The molecule has 3 N–H and O–H groups in total. The SMILES string of the molecule is N#Cc1cc2c3cc(ccc3n1)[C@@](N)(c1cnc[nH]1)c1ccc(C#N)c(c1)OCc1cccc-2c1. The van der Waals surface area contributed by atoms with Crippen molar-refractivity contribution in [2.45, 2.75) is 12.1 Å². The Kier molecular flexibility index (Phi) is 4.60. The highest BCUT2D eigenvalue weighted by Crippen LogP contribution is 2.39. The Balaban J connectivity index is 1.73. The first-order valence-corrected chi connectivity index (χ1v) is 11.0. The molecular weight excluding hydrogens is 436 g/mol. The van der Waals surface area contributed by atoms with Crippen LogP contribution in [-0.4, -0.2) is 15.0 Å². The number of aromatic nitrogens is 3. The molecule has 1 atom stereocenters. The molecule has 3 aromatic carbocycles. The maximum Gasteiger partial charge on any atom is 0.141 e. The molecule has 0 amide bonds. The van der Waals surface area contributed by atoms with Crippen molar-refractivity contribution in [1.29, 1.82) is 10.5 Å². The van der Waals surface area contributed by atoms with Crippen LogP contribution in [0.5, 0.6) is 5.75 Å². The molecule has 6 bridgehead atoms. The molecule has 0 fully saturated rings. The summed E-state index contributed by atoms with van der Waals surface area (Å²) >= 11 is 0. The minimum atomic E-state index is -1.12. The average molecular weight is 454 g/mol. The monoisotopic (exact) mass is 454 g/mol. The predicted molar refractivity (Wildman–Crippen MR) is 130 cm³/mol. The van der Waals surface area contributed by atoms with Crippen molar-refractivity contribution < 1.29 is 4.74 Å². The molecule has 6 rings (SSSR count). The second kappa shape index (κ2) is 7.81. The summed E-state index contributed by atoms with van der Waals surface area (Å²) in [5.74, 6) is 0.455. The number of H-pyrrole nitrogens is 1. The van der Waals surface area contributed by atoms with Crippen LogP contribution in [0.15, 0.2) is 79.3 Å². The van der Waals surface area contributed by atoms with Gasteiger partial charge in [0.05, 0.1) is 29.3 Å². The van der Waals surface area contributed by atoms with E-state index in [0.717, 1.165) is 33.2 Å². The molecule has 1 aliphatic rings. The van der Waals surface area contributed by atoms with Crippen LogP contribution in [0.25, 0.3) is 22.0 Å². The number of nitrogens with one attached hydrogen (secondary N) is 1. The summed E-state index contributed by atoms with van der Waals surface area (Å²) in [4.78, 5) is 11.9. The van der Waals surface area contributed by atoms with Gasteiger partial charge in [-0.3, -0.25) is 0 Å². The lowest BCUT2D eigenvalue weighted by Crippen LogP contribution is -2.39. The topological polar surface area (TPSA) is 124 Å². The van der Waals surface area contributed by atoms with Crippen molar-refractivity contribution in [2.24, 2.45) is 5.73 Å². The Morgan fingerprint density at radius 3 is 2.63 bits per heavy atom. The fraction of sp³-hybridized carbons (Fsp3) is 0.0714. The van der Waals surface area contributed by atoms with E-state index >= 15 is 0 Å². The molecule has 5 aromatic rings. The normalized spacial score (nSPS) is 16.3. The van der Waals surface area contributed by atoms with Crippen LogP contribution in [0.2, 0.25) is 0 Å². The first kappa shape index (κ1) is 20.6. The molecule has 0 saturated carbocycles. The van der Waals surface area contributed by atoms with Crippen LogP contribution in [0.3, 0.4) is 0 Å². The zero-order chi connectivity index (χ0) is 24.0. The van der Waals surface area contributed by atoms with Gasteiger partial charge in [0.25, 0.3) is 0 Å². The molecule has 1 aliphatic heterocycles. The van der Waals surface area contributed by atoms with E-state index in [1.165, 1.54) is 0 Å². The standard InChI is InChI=1S/C28H18N6O/c29-12-19-4-5-21-10-26(19)35-15-17-2-1-3-18(8-17)23-11-22(13-30)34-25-7-6-20(9-24(23)25)28(21,31)27-14-32-16-33-27/h1-11,14,16H,15,31H2,(H,32,33)/t28-/m0/s1. The number of nitriles is 2. The van der Waals surface area contributed by atoms with Crippen LogP contribution >= 0.6 is 0 Å². The number of fused-ring (bicyclic) bond motifs is 6. The summed E-state index contributed by atoms with van der Waals surface area (Å²) in [6.45, 7) is 0.268. The molecule has 0 radical (unpaired) electrons. The van der Waals surface area contributed by atoms with Crippen molar-refractivity contribution in [2.75, 3.05) is 0 Å². The number of ether oxygens (including phenoxy) is 1. The van der Waals surface area contributed by atoms with E-state index < -0.39 is 5.54 Å². The van der Waals surface area contributed by atoms with Crippen LogP contribution in [-0.2, 0) is 12.1 Å². The third-order valence-electron chi connectivity index (χ3n) is 6.49. The summed E-state index contributed by atoms with van der Waals surface area (Å²) in [6.07, 6.45) is 3.28. The number of hydrogen-bond donors (Lipinski definition) is 2. The Hall–Kier alpha value is -4.98. The van der Waals surface area contributed by atoms with Gasteiger partial charge < -0.3 is 15.5 Å². The van der Waals surface area contributed by atoms with Gasteiger partial charge in [0, 0.05) is 5.39 Å². The lowest BCUT2D eigenvalue weighted by atomic mass is 9.80. The van der Waals surface area contributed by atoms with E-state index in [1.807, 2.05) is 54.6 Å². The van der Waals surface area contributed by atoms with Crippen molar-refractivity contribution in [3.63, 3.8) is 0 Å². The number of nitrogens with zero attached hydrogens (tertiary/aromatic N) is 4. The zero-order valence-corrected chi connectivity index (χ0v) is 18.5. The van der Waals surface area contributed by atoms with Gasteiger partial charge >= 0.3 is 0 Å². The van der Waals surface area contributed by atoms with E-state index in [9.17, 15) is 10.5 Å². The molecule has 166 valence electrons. The van der Waals surface area contributed by atoms with E-state index in [4.69, 9.17) is 10.5 Å². The number of nitrogens with two attached hydrogens (primary N) is 1. The van der Waals surface area contributed by atoms with E-state index in [-0.39, 0.29) is 6.61 Å². The second-order valence-corrected chi connectivity index (χ2v) is 8.48. The minimum Gasteiger partial charge on any atom is -0.488 e. The summed E-state index contributed by atoms with van der Waals surface area (Å²) in [5, 5.41) is 20.2. The Labute approximate surface area is 201 Å². The Bertz CT molecular complexity index is 1690. The van der Waals surface area contributed by atoms with E-state index in [1.54, 1.807) is 24.7 Å². The molecule has 0 spiro atoms. The Morgan fingerprint density at radius 2 is 1.83 bits per heavy atom. The molecular formula is C28H18N6O. The molecule has 0 saturated heterocycles. The fourth-order valence-electron chi connectivity index (χ4n) is 4.69. The Morgan fingerprint density at radius 1 is 0.971 bits per heavy atom. The van der Waals surface area contributed by atoms with Gasteiger partial charge in [-0.15, -0.1) is 0 Å². The number of benzene rings is 3. The van der Waals surface area contributed by atoms with Crippen molar-refractivity contribution in [3.8, 4) is 29.0 Å². The number of aromatic amines is 1. The second-order valence-electron chi connectivity index (χ2n) is 8.48. The van der Waals surface area contributed by atoms with Gasteiger partial charge in [0.1, 0.15) is 35.7 Å². The van der Waals surface area contributed by atoms with Gasteiger partial charge in [-0.2, -0.15) is 10.5 Å². The molecule has 35 heavy (non-hydrogen) atoms. The third kappa shape index (κ3) is 3.23. The van der Waals surface area contributed by atoms with Gasteiger partial charge in [0.15, 0.2) is 0 Å². The lowest BCUT2D eigenvalue weighted by molar-refractivity contribution is 0.304. The van der Waals surface area contributed by atoms with Crippen molar-refractivity contribution in [3.05, 3.63) is 113 Å². The van der Waals surface area contributed by atoms with Gasteiger partial charge in [0.2, 0.25) is 0 Å². The average Bonchev–Trinajstić information content (AvgIpc) is 3.46. The van der Waals surface area contributed by atoms with Gasteiger partial charge in [-0.05, 0) is 64.2 Å². The summed E-state index contributed by atoms with van der Waals surface area (Å²) < 4.78 is 6.14. The molecule has 0 aliphatic carbocycles. The smallest absolute Gasteiger partial charge is 0.141 e.